The molecule has 1 aromatic rings. The lowest BCUT2D eigenvalue weighted by Crippen LogP contribution is -2.12. The minimum Gasteiger partial charge on any atom is -0.363 e. The lowest BCUT2D eigenvalue weighted by Gasteiger charge is -2.04. The molecule has 0 saturated carbocycles. The summed E-state index contributed by atoms with van der Waals surface area (Å²) in [6, 6.07) is 0. The Morgan fingerprint density at radius 2 is 2.31 bits per heavy atom. The van der Waals surface area contributed by atoms with E-state index in [9.17, 15) is 14.3 Å². The number of nitrogens with zero attached hydrogens (tertiary/aromatic N) is 3. The van der Waals surface area contributed by atoms with E-state index in [4.69, 9.17) is 11.6 Å². The molecular formula is C7H9ClN4O3S. The van der Waals surface area contributed by atoms with Gasteiger partial charge in [-0.3, -0.25) is 14.3 Å². The summed E-state index contributed by atoms with van der Waals surface area (Å²) < 4.78 is 10.8. The number of nitro groups is 1. The Hall–Kier alpha value is -1.28. The van der Waals surface area contributed by atoms with Crippen molar-refractivity contribution in [1.82, 2.24) is 9.97 Å². The first-order chi connectivity index (χ1) is 7.52. The molecule has 1 unspecified atom stereocenters. The zero-order valence-electron chi connectivity index (χ0n) is 8.34. The molecule has 0 fully saturated rings. The molecule has 0 aliphatic carbocycles. The van der Waals surface area contributed by atoms with E-state index >= 15 is 0 Å². The van der Waals surface area contributed by atoms with Gasteiger partial charge in [0.2, 0.25) is 11.0 Å². The molecule has 1 aromatic heterocycles. The highest BCUT2D eigenvalue weighted by Gasteiger charge is 2.20. The molecule has 7 nitrogen and oxygen atoms in total. The van der Waals surface area contributed by atoms with Gasteiger partial charge in [-0.15, -0.1) is 0 Å². The van der Waals surface area contributed by atoms with E-state index in [1.165, 1.54) is 0 Å². The number of hydrogen-bond acceptors (Lipinski definition) is 6. The molecule has 9 heteroatoms. The van der Waals surface area contributed by atoms with E-state index in [1.54, 1.807) is 6.26 Å². The lowest BCUT2D eigenvalue weighted by atomic mass is 10.5. The molecular weight excluding hydrogens is 256 g/mol. The van der Waals surface area contributed by atoms with Gasteiger partial charge in [0.15, 0.2) is 0 Å². The van der Waals surface area contributed by atoms with E-state index < -0.39 is 15.7 Å². The monoisotopic (exact) mass is 264 g/mol. The van der Waals surface area contributed by atoms with Gasteiger partial charge >= 0.3 is 5.69 Å². The quantitative estimate of drug-likeness (QED) is 0.480. The third-order valence-electron chi connectivity index (χ3n) is 1.64. The van der Waals surface area contributed by atoms with Crippen LogP contribution in [-0.4, -0.2) is 37.7 Å². The van der Waals surface area contributed by atoms with Crippen molar-refractivity contribution in [3.05, 3.63) is 21.6 Å². The highest BCUT2D eigenvalue weighted by molar-refractivity contribution is 7.84. The minimum atomic E-state index is -0.971. The van der Waals surface area contributed by atoms with E-state index in [2.05, 4.69) is 15.3 Å². The number of rotatable bonds is 5. The Morgan fingerprint density at radius 3 is 2.88 bits per heavy atom. The average molecular weight is 265 g/mol. The smallest absolute Gasteiger partial charge is 0.348 e. The maximum atomic E-state index is 10.8. The van der Waals surface area contributed by atoms with E-state index in [0.29, 0.717) is 12.3 Å². The molecule has 0 aliphatic heterocycles. The van der Waals surface area contributed by atoms with Crippen molar-refractivity contribution in [3.63, 3.8) is 0 Å². The summed E-state index contributed by atoms with van der Waals surface area (Å²) in [5, 5.41) is 13.2. The van der Waals surface area contributed by atoms with Gasteiger partial charge in [0, 0.05) is 29.4 Å². The van der Waals surface area contributed by atoms with Crippen LogP contribution in [0.5, 0.6) is 0 Å². The van der Waals surface area contributed by atoms with Crippen molar-refractivity contribution in [2.45, 2.75) is 0 Å². The molecule has 1 heterocycles. The fourth-order valence-electron chi connectivity index (χ4n) is 0.962. The first kappa shape index (κ1) is 12.8. The third kappa shape index (κ3) is 3.38. The molecule has 0 saturated heterocycles. The zero-order chi connectivity index (χ0) is 12.1. The first-order valence-electron chi connectivity index (χ1n) is 4.21. The molecule has 0 aromatic carbocycles. The second kappa shape index (κ2) is 5.71. The Kier molecular flexibility index (Phi) is 4.56. The van der Waals surface area contributed by atoms with Crippen LogP contribution in [0.4, 0.5) is 11.5 Å². The molecule has 1 rings (SSSR count). The largest absolute Gasteiger partial charge is 0.363 e. The van der Waals surface area contributed by atoms with Gasteiger partial charge in [-0.1, -0.05) is 11.6 Å². The summed E-state index contributed by atoms with van der Waals surface area (Å²) in [6.45, 7) is 0.317. The minimum absolute atomic E-state index is 0.0375. The van der Waals surface area contributed by atoms with Crippen LogP contribution in [0.3, 0.4) is 0 Å². The van der Waals surface area contributed by atoms with Crippen molar-refractivity contribution in [1.29, 1.82) is 0 Å². The Labute approximate surface area is 98.8 Å². The third-order valence-corrected chi connectivity index (χ3v) is 2.70. The maximum Gasteiger partial charge on any atom is 0.348 e. The molecule has 1 atom stereocenters. The molecule has 0 bridgehead atoms. The summed E-state index contributed by atoms with van der Waals surface area (Å²) in [7, 11) is -0.971. The number of aromatic nitrogens is 2. The number of hydrogen-bond donors (Lipinski definition) is 1. The normalized spacial score (nSPS) is 12.1. The number of anilines is 1. The molecule has 16 heavy (non-hydrogen) atoms. The Bertz CT molecular complexity index is 428. The van der Waals surface area contributed by atoms with Gasteiger partial charge in [-0.25, -0.2) is 9.97 Å². The maximum absolute atomic E-state index is 10.8. The number of nitrogens with one attached hydrogen (secondary N) is 1. The van der Waals surface area contributed by atoms with E-state index in [0.717, 1.165) is 6.33 Å². The summed E-state index contributed by atoms with van der Waals surface area (Å²) in [6.07, 6.45) is 2.67. The van der Waals surface area contributed by atoms with E-state index in [-0.39, 0.29) is 16.7 Å². The van der Waals surface area contributed by atoms with Crippen molar-refractivity contribution >= 4 is 33.9 Å². The molecule has 0 amide bonds. The summed E-state index contributed by atoms with van der Waals surface area (Å²) in [5.74, 6) is 0.411. The van der Waals surface area contributed by atoms with Crippen LogP contribution in [0.25, 0.3) is 0 Å². The van der Waals surface area contributed by atoms with Crippen LogP contribution in [0, 0.1) is 10.1 Å². The van der Waals surface area contributed by atoms with E-state index in [1.807, 2.05) is 0 Å². The predicted octanol–water partition coefficient (Wildman–Crippen LogP) is 0.829. The van der Waals surface area contributed by atoms with Crippen LogP contribution >= 0.6 is 11.6 Å². The molecule has 0 spiro atoms. The summed E-state index contributed by atoms with van der Waals surface area (Å²) >= 11 is 5.57. The van der Waals surface area contributed by atoms with Crippen LogP contribution < -0.4 is 5.32 Å². The van der Waals surface area contributed by atoms with Gasteiger partial charge in [-0.2, -0.15) is 0 Å². The topological polar surface area (TPSA) is 98.0 Å². The van der Waals surface area contributed by atoms with Crippen molar-refractivity contribution in [2.24, 2.45) is 0 Å². The summed E-state index contributed by atoms with van der Waals surface area (Å²) in [4.78, 5) is 17.2. The fraction of sp³-hybridized carbons (Fsp3) is 0.429. The van der Waals surface area contributed by atoms with Crippen molar-refractivity contribution < 1.29 is 9.13 Å². The van der Waals surface area contributed by atoms with Crippen molar-refractivity contribution in [2.75, 3.05) is 23.9 Å². The molecule has 88 valence electrons. The van der Waals surface area contributed by atoms with Crippen LogP contribution in [0.15, 0.2) is 6.33 Å². The van der Waals surface area contributed by atoms with Gasteiger partial charge < -0.3 is 5.32 Å². The number of halogens is 1. The van der Waals surface area contributed by atoms with Crippen LogP contribution in [0.2, 0.25) is 5.15 Å². The highest BCUT2D eigenvalue weighted by Crippen LogP contribution is 2.27. The van der Waals surface area contributed by atoms with Gasteiger partial charge in [0.05, 0.1) is 4.92 Å². The van der Waals surface area contributed by atoms with Gasteiger partial charge in [0.1, 0.15) is 6.33 Å². The fourth-order valence-corrected chi connectivity index (χ4v) is 1.55. The Balaban J connectivity index is 2.83. The van der Waals surface area contributed by atoms with Gasteiger partial charge in [0.25, 0.3) is 0 Å². The second-order valence-corrected chi connectivity index (χ2v) is 4.74. The highest BCUT2D eigenvalue weighted by atomic mass is 35.5. The van der Waals surface area contributed by atoms with Crippen LogP contribution in [-0.2, 0) is 10.8 Å². The SMILES string of the molecule is CS(=O)CCNc1ncnc(Cl)c1[N+](=O)[O-]. The zero-order valence-corrected chi connectivity index (χ0v) is 9.92. The predicted molar refractivity (Wildman–Crippen MR) is 61.1 cm³/mol. The van der Waals surface area contributed by atoms with Gasteiger partial charge in [-0.05, 0) is 0 Å². The summed E-state index contributed by atoms with van der Waals surface area (Å²) in [5.41, 5.74) is -0.369. The van der Waals surface area contributed by atoms with Crippen LogP contribution in [0.1, 0.15) is 0 Å². The molecule has 0 aliphatic rings. The second-order valence-electron chi connectivity index (χ2n) is 2.82. The van der Waals surface area contributed by atoms with Crippen molar-refractivity contribution in [3.8, 4) is 0 Å². The average Bonchev–Trinajstić information content (AvgIpc) is 2.16. The molecule has 1 N–H and O–H groups in total. The lowest BCUT2D eigenvalue weighted by molar-refractivity contribution is -0.384. The first-order valence-corrected chi connectivity index (χ1v) is 6.31. The Morgan fingerprint density at radius 1 is 1.62 bits per heavy atom. The standard InChI is InChI=1S/C7H9ClN4O3S/c1-16(15)3-2-9-7-5(12(13)14)6(8)10-4-11-7/h4H,2-3H2,1H3,(H,9,10,11). The molecule has 0 radical (unpaired) electrons.